The van der Waals surface area contributed by atoms with Crippen LogP contribution in [0, 0.1) is 18.6 Å². The topological polar surface area (TPSA) is 59.8 Å². The van der Waals surface area contributed by atoms with E-state index in [2.05, 4.69) is 15.4 Å². The Balaban J connectivity index is 1.42. The highest BCUT2D eigenvalue weighted by molar-refractivity contribution is 7.09. The summed E-state index contributed by atoms with van der Waals surface area (Å²) in [6, 6.07) is 10.8. The maximum Gasteiger partial charge on any atom is 0.231 e. The highest BCUT2D eigenvalue weighted by Gasteiger charge is 2.15. The van der Waals surface area contributed by atoms with Crippen LogP contribution in [0.15, 0.2) is 54.0 Å². The summed E-state index contributed by atoms with van der Waals surface area (Å²) in [5.41, 5.74) is 2.57. The normalized spacial score (nSPS) is 11.0. The maximum absolute atomic E-state index is 14.0. The summed E-state index contributed by atoms with van der Waals surface area (Å²) in [6.45, 7) is 1.78. The molecule has 0 aliphatic rings. The summed E-state index contributed by atoms with van der Waals surface area (Å²) in [4.78, 5) is 17.2. The molecule has 0 unspecified atom stereocenters. The lowest BCUT2D eigenvalue weighted by atomic mass is 10.2. The zero-order valence-electron chi connectivity index (χ0n) is 17.1. The lowest BCUT2D eigenvalue weighted by molar-refractivity contribution is -0.115. The predicted octanol–water partition coefficient (Wildman–Crippen LogP) is 5.40. The van der Waals surface area contributed by atoms with Crippen LogP contribution in [0.4, 0.5) is 14.6 Å². The third-order valence-corrected chi connectivity index (χ3v) is 5.93. The van der Waals surface area contributed by atoms with Gasteiger partial charge in [-0.2, -0.15) is 5.10 Å². The van der Waals surface area contributed by atoms with E-state index < -0.39 is 11.6 Å². The largest absolute Gasteiger partial charge is 0.310 e. The van der Waals surface area contributed by atoms with E-state index in [9.17, 15) is 13.6 Å². The first-order valence-electron chi connectivity index (χ1n) is 9.81. The lowest BCUT2D eigenvalue weighted by Gasteiger charge is -2.11. The minimum absolute atomic E-state index is 0.00642. The molecule has 4 aromatic rings. The number of carbonyl (C=O) groups excluding carboxylic acids is 1. The minimum Gasteiger partial charge on any atom is -0.310 e. The first-order valence-corrected chi connectivity index (χ1v) is 11.1. The lowest BCUT2D eigenvalue weighted by Crippen LogP contribution is -2.19. The van der Waals surface area contributed by atoms with Crippen molar-refractivity contribution in [2.75, 3.05) is 5.32 Å². The highest BCUT2D eigenvalue weighted by atomic mass is 35.5. The van der Waals surface area contributed by atoms with Crippen LogP contribution in [0.3, 0.4) is 0 Å². The van der Waals surface area contributed by atoms with Gasteiger partial charge in [-0.05, 0) is 42.8 Å². The van der Waals surface area contributed by atoms with Crippen LogP contribution in [0.5, 0.6) is 0 Å². The smallest absolute Gasteiger partial charge is 0.231 e. The van der Waals surface area contributed by atoms with Gasteiger partial charge in [0.05, 0.1) is 29.9 Å². The molecular formula is C23H19ClF2N4OS. The van der Waals surface area contributed by atoms with Crippen molar-refractivity contribution in [1.29, 1.82) is 0 Å². The number of anilines is 1. The molecule has 1 amide bonds. The molecule has 0 aliphatic heterocycles. The van der Waals surface area contributed by atoms with Crippen molar-refractivity contribution in [2.45, 2.75) is 26.3 Å². The second-order valence-corrected chi connectivity index (χ2v) is 8.71. The maximum atomic E-state index is 14.0. The first kappa shape index (κ1) is 22.1. The second-order valence-electron chi connectivity index (χ2n) is 7.33. The zero-order valence-corrected chi connectivity index (χ0v) is 18.7. The third-order valence-electron chi connectivity index (χ3n) is 4.79. The van der Waals surface area contributed by atoms with Crippen molar-refractivity contribution in [2.24, 2.45) is 0 Å². The van der Waals surface area contributed by atoms with Crippen molar-refractivity contribution < 1.29 is 13.6 Å². The van der Waals surface area contributed by atoms with Crippen molar-refractivity contribution in [3.63, 3.8) is 0 Å². The summed E-state index contributed by atoms with van der Waals surface area (Å²) >= 11 is 7.51. The van der Waals surface area contributed by atoms with Gasteiger partial charge in [0.15, 0.2) is 0 Å². The van der Waals surface area contributed by atoms with Gasteiger partial charge in [0.1, 0.15) is 17.5 Å². The highest BCUT2D eigenvalue weighted by Crippen LogP contribution is 2.20. The van der Waals surface area contributed by atoms with Crippen LogP contribution in [0.1, 0.15) is 27.4 Å². The molecule has 0 bridgehead atoms. The fraction of sp³-hybridized carbons (Fsp3) is 0.174. The van der Waals surface area contributed by atoms with Gasteiger partial charge in [-0.25, -0.2) is 18.4 Å². The summed E-state index contributed by atoms with van der Waals surface area (Å²) in [6.07, 6.45) is 2.29. The van der Waals surface area contributed by atoms with E-state index in [0.717, 1.165) is 34.3 Å². The standard InChI is InChI=1S/C23H19ClF2N4OS/c1-14-11-27-30(12-16-9-18(25)5-6-20(16)26)23(14)29-21(31)10-19-13-32-22(28-19)8-15-3-2-4-17(24)7-15/h2-7,9,11,13H,8,10,12H2,1H3,(H,29,31). The number of nitrogens with one attached hydrogen (secondary N) is 1. The molecule has 2 aromatic carbocycles. The van der Waals surface area contributed by atoms with Crippen molar-refractivity contribution >= 4 is 34.7 Å². The number of amides is 1. The number of hydrogen-bond acceptors (Lipinski definition) is 4. The van der Waals surface area contributed by atoms with E-state index in [0.29, 0.717) is 23.0 Å². The van der Waals surface area contributed by atoms with E-state index in [1.165, 1.54) is 16.0 Å². The quantitative estimate of drug-likeness (QED) is 0.392. The third kappa shape index (κ3) is 5.38. The van der Waals surface area contributed by atoms with Gasteiger partial charge in [-0.15, -0.1) is 11.3 Å². The molecule has 2 aromatic heterocycles. The fourth-order valence-corrected chi connectivity index (χ4v) is 4.30. The van der Waals surface area contributed by atoms with Gasteiger partial charge in [0, 0.05) is 28.0 Å². The van der Waals surface area contributed by atoms with Crippen molar-refractivity contribution in [3.05, 3.63) is 98.1 Å². The molecule has 0 radical (unpaired) electrons. The molecule has 0 spiro atoms. The van der Waals surface area contributed by atoms with Gasteiger partial charge < -0.3 is 5.32 Å². The Labute approximate surface area is 192 Å². The number of aryl methyl sites for hydroxylation is 1. The number of hydrogen-bond donors (Lipinski definition) is 1. The van der Waals surface area contributed by atoms with Gasteiger partial charge >= 0.3 is 0 Å². The van der Waals surface area contributed by atoms with Crippen molar-refractivity contribution in [1.82, 2.24) is 14.8 Å². The Morgan fingerprint density at radius 2 is 2.06 bits per heavy atom. The molecule has 1 N–H and O–H groups in total. The van der Waals surface area contributed by atoms with Gasteiger partial charge in [-0.1, -0.05) is 23.7 Å². The molecule has 0 fully saturated rings. The summed E-state index contributed by atoms with van der Waals surface area (Å²) in [5, 5.41) is 10.4. The zero-order chi connectivity index (χ0) is 22.7. The number of aromatic nitrogens is 3. The second kappa shape index (κ2) is 9.58. The molecule has 32 heavy (non-hydrogen) atoms. The number of rotatable bonds is 7. The predicted molar refractivity (Wildman–Crippen MR) is 121 cm³/mol. The Bertz CT molecular complexity index is 1270. The number of halogens is 3. The van der Waals surface area contributed by atoms with Crippen LogP contribution < -0.4 is 5.32 Å². The summed E-state index contributed by atoms with van der Waals surface area (Å²) < 4.78 is 28.9. The Kier molecular flexibility index (Phi) is 6.62. The van der Waals surface area contributed by atoms with Gasteiger partial charge in [-0.3, -0.25) is 4.79 Å². The first-order chi connectivity index (χ1) is 15.4. The molecule has 5 nitrogen and oxygen atoms in total. The minimum atomic E-state index is -0.536. The molecule has 4 rings (SSSR count). The average molecular weight is 473 g/mol. The van der Waals surface area contributed by atoms with E-state index in [4.69, 9.17) is 11.6 Å². The number of carbonyl (C=O) groups is 1. The molecule has 0 saturated carbocycles. The van der Waals surface area contributed by atoms with Gasteiger partial charge in [0.2, 0.25) is 5.91 Å². The van der Waals surface area contributed by atoms with Gasteiger partial charge in [0.25, 0.3) is 0 Å². The average Bonchev–Trinajstić information content (AvgIpc) is 3.32. The van der Waals surface area contributed by atoms with E-state index in [-0.39, 0.29) is 24.4 Å². The van der Waals surface area contributed by atoms with Crippen molar-refractivity contribution in [3.8, 4) is 0 Å². The molecular weight excluding hydrogens is 454 g/mol. The monoisotopic (exact) mass is 472 g/mol. The number of thiazole rings is 1. The van der Waals surface area contributed by atoms with Crippen LogP contribution in [0.25, 0.3) is 0 Å². The number of nitrogens with zero attached hydrogens (tertiary/aromatic N) is 3. The van der Waals surface area contributed by atoms with E-state index in [1.807, 2.05) is 29.6 Å². The van der Waals surface area contributed by atoms with Crippen LogP contribution in [-0.2, 0) is 24.2 Å². The Hall–Kier alpha value is -3.10. The summed E-state index contributed by atoms with van der Waals surface area (Å²) in [7, 11) is 0. The number of benzene rings is 2. The molecule has 164 valence electrons. The molecule has 0 atom stereocenters. The molecule has 9 heteroatoms. The molecule has 2 heterocycles. The fourth-order valence-electron chi connectivity index (χ4n) is 3.26. The SMILES string of the molecule is Cc1cnn(Cc2cc(F)ccc2F)c1NC(=O)Cc1csc(Cc2cccc(Cl)c2)n1. The van der Waals surface area contributed by atoms with Crippen LogP contribution in [-0.4, -0.2) is 20.7 Å². The van der Waals surface area contributed by atoms with Crippen LogP contribution >= 0.6 is 22.9 Å². The Morgan fingerprint density at radius 1 is 1.22 bits per heavy atom. The molecule has 0 saturated heterocycles. The van der Waals surface area contributed by atoms with E-state index >= 15 is 0 Å². The van der Waals surface area contributed by atoms with Crippen LogP contribution in [0.2, 0.25) is 5.02 Å². The van der Waals surface area contributed by atoms with E-state index in [1.54, 1.807) is 13.1 Å². The summed E-state index contributed by atoms with van der Waals surface area (Å²) in [5.74, 6) is -0.901. The Morgan fingerprint density at radius 3 is 2.88 bits per heavy atom. The molecule has 0 aliphatic carbocycles.